The van der Waals surface area contributed by atoms with Gasteiger partial charge in [-0.3, -0.25) is 14.6 Å². The molecule has 0 saturated carbocycles. The molecule has 1 saturated heterocycles. The minimum absolute atomic E-state index is 0.144. The Morgan fingerprint density at radius 2 is 2.13 bits per heavy atom. The number of ether oxygens (including phenoxy) is 1. The molecule has 1 aromatic rings. The van der Waals surface area contributed by atoms with E-state index in [4.69, 9.17) is 17.0 Å². The fourth-order valence-corrected chi connectivity index (χ4v) is 2.63. The van der Waals surface area contributed by atoms with Crippen LogP contribution in [-0.2, 0) is 14.3 Å². The van der Waals surface area contributed by atoms with E-state index >= 15 is 0 Å². The van der Waals surface area contributed by atoms with Crippen LogP contribution < -0.4 is 10.6 Å². The van der Waals surface area contributed by atoms with Crippen LogP contribution in [0.2, 0.25) is 0 Å². The highest BCUT2D eigenvalue weighted by Crippen LogP contribution is 2.28. The summed E-state index contributed by atoms with van der Waals surface area (Å²) < 4.78 is 4.70. The standard InChI is InChI=1S/C14H12N4O4S/c1-22-12(21)14(6-10(19)8-2-4-16-5-3-8)9(7-15)11(20)17-13(23)18-14/h2-5,9H,6H2,1H3,(H2,17,18,20,23)/t9-,14+/m1/s1. The van der Waals surface area contributed by atoms with Crippen molar-refractivity contribution in [3.05, 3.63) is 30.1 Å². The molecule has 9 heteroatoms. The van der Waals surface area contributed by atoms with Gasteiger partial charge in [0.05, 0.1) is 13.2 Å². The molecule has 0 unspecified atom stereocenters. The number of nitriles is 1. The molecule has 1 aliphatic rings. The first kappa shape index (κ1) is 16.5. The Morgan fingerprint density at radius 1 is 1.48 bits per heavy atom. The number of Topliss-reactive ketones (excluding diaryl/α,β-unsaturated/α-hetero) is 1. The molecule has 1 amide bonds. The van der Waals surface area contributed by atoms with Gasteiger partial charge < -0.3 is 15.4 Å². The molecule has 1 aliphatic heterocycles. The van der Waals surface area contributed by atoms with E-state index in [2.05, 4.69) is 15.6 Å². The second kappa shape index (κ2) is 6.50. The molecule has 0 radical (unpaired) electrons. The number of carbonyl (C=O) groups is 3. The average molecular weight is 332 g/mol. The number of nitrogens with one attached hydrogen (secondary N) is 2. The molecule has 1 fully saturated rings. The average Bonchev–Trinajstić information content (AvgIpc) is 2.54. The van der Waals surface area contributed by atoms with Gasteiger partial charge in [-0.15, -0.1) is 0 Å². The number of nitrogens with zero attached hydrogens (tertiary/aromatic N) is 2. The molecule has 2 rings (SSSR count). The van der Waals surface area contributed by atoms with E-state index in [1.165, 1.54) is 24.5 Å². The third-order valence-electron chi connectivity index (χ3n) is 3.45. The summed E-state index contributed by atoms with van der Waals surface area (Å²) in [5.74, 6) is -3.59. The number of amides is 1. The molecule has 0 aromatic carbocycles. The second-order valence-corrected chi connectivity index (χ2v) is 5.21. The van der Waals surface area contributed by atoms with Gasteiger partial charge >= 0.3 is 5.97 Å². The van der Waals surface area contributed by atoms with Crippen molar-refractivity contribution in [2.75, 3.05) is 7.11 Å². The summed E-state index contributed by atoms with van der Waals surface area (Å²) in [5.41, 5.74) is -1.58. The first-order valence-electron chi connectivity index (χ1n) is 6.49. The predicted octanol–water partition coefficient (Wildman–Crippen LogP) is -0.290. The third kappa shape index (κ3) is 3.02. The molecule has 8 nitrogen and oxygen atoms in total. The molecule has 2 N–H and O–H groups in total. The number of hydrogen-bond donors (Lipinski definition) is 2. The van der Waals surface area contributed by atoms with Crippen molar-refractivity contribution >= 4 is 35.0 Å². The van der Waals surface area contributed by atoms with Gasteiger partial charge in [-0.25, -0.2) is 4.79 Å². The number of pyridine rings is 1. The zero-order valence-electron chi connectivity index (χ0n) is 12.0. The van der Waals surface area contributed by atoms with Crippen LogP contribution in [0.25, 0.3) is 0 Å². The molecule has 23 heavy (non-hydrogen) atoms. The summed E-state index contributed by atoms with van der Waals surface area (Å²) in [5, 5.41) is 14.0. The van der Waals surface area contributed by atoms with Crippen molar-refractivity contribution in [2.24, 2.45) is 5.92 Å². The molecular weight excluding hydrogens is 320 g/mol. The van der Waals surface area contributed by atoms with Crippen molar-refractivity contribution in [1.29, 1.82) is 5.26 Å². The lowest BCUT2D eigenvalue weighted by atomic mass is 9.77. The van der Waals surface area contributed by atoms with E-state index in [1.54, 1.807) is 6.07 Å². The number of ketones is 1. The van der Waals surface area contributed by atoms with Crippen molar-refractivity contribution in [1.82, 2.24) is 15.6 Å². The SMILES string of the molecule is COC(=O)[C@@]1(CC(=O)c2ccncc2)NC(=S)NC(=O)[C@H]1C#N. The molecule has 118 valence electrons. The van der Waals surface area contributed by atoms with Gasteiger partial charge in [0.25, 0.3) is 0 Å². The summed E-state index contributed by atoms with van der Waals surface area (Å²) in [6, 6.07) is 4.67. The van der Waals surface area contributed by atoms with Crippen molar-refractivity contribution < 1.29 is 19.1 Å². The van der Waals surface area contributed by atoms with E-state index in [1.807, 2.05) is 0 Å². The normalized spacial score (nSPS) is 23.2. The molecule has 2 atom stereocenters. The highest BCUT2D eigenvalue weighted by atomic mass is 32.1. The topological polar surface area (TPSA) is 121 Å². The Balaban J connectivity index is 2.45. The van der Waals surface area contributed by atoms with E-state index < -0.39 is 35.5 Å². The smallest absolute Gasteiger partial charge is 0.334 e. The van der Waals surface area contributed by atoms with Gasteiger partial charge in [0.2, 0.25) is 5.91 Å². The molecule has 0 aliphatic carbocycles. The highest BCUT2D eigenvalue weighted by Gasteiger charge is 2.55. The summed E-state index contributed by atoms with van der Waals surface area (Å²) in [7, 11) is 1.10. The summed E-state index contributed by atoms with van der Waals surface area (Å²) in [6.45, 7) is 0. The maximum atomic E-state index is 12.5. The fourth-order valence-electron chi connectivity index (χ4n) is 2.35. The van der Waals surface area contributed by atoms with Crippen LogP contribution in [0.5, 0.6) is 0 Å². The largest absolute Gasteiger partial charge is 0.467 e. The van der Waals surface area contributed by atoms with Crippen LogP contribution in [0.1, 0.15) is 16.8 Å². The Bertz CT molecular complexity index is 715. The summed E-state index contributed by atoms with van der Waals surface area (Å²) in [4.78, 5) is 40.5. The van der Waals surface area contributed by atoms with E-state index in [-0.39, 0.29) is 5.11 Å². The quantitative estimate of drug-likeness (QED) is 0.438. The minimum atomic E-state index is -1.87. The number of carbonyl (C=O) groups excluding carboxylic acids is 3. The third-order valence-corrected chi connectivity index (χ3v) is 3.65. The zero-order valence-corrected chi connectivity index (χ0v) is 12.8. The van der Waals surface area contributed by atoms with Crippen molar-refractivity contribution in [3.63, 3.8) is 0 Å². The van der Waals surface area contributed by atoms with E-state index in [0.29, 0.717) is 5.56 Å². The summed E-state index contributed by atoms with van der Waals surface area (Å²) >= 11 is 4.89. The lowest BCUT2D eigenvalue weighted by molar-refractivity contribution is -0.152. The number of rotatable bonds is 4. The van der Waals surface area contributed by atoms with Gasteiger partial charge in [0, 0.05) is 24.4 Å². The van der Waals surface area contributed by atoms with E-state index in [0.717, 1.165) is 7.11 Å². The number of hydrogen-bond acceptors (Lipinski definition) is 7. The Morgan fingerprint density at radius 3 is 2.70 bits per heavy atom. The molecule has 2 heterocycles. The molecule has 1 aromatic heterocycles. The Kier molecular flexibility index (Phi) is 4.66. The molecule has 0 bridgehead atoms. The second-order valence-electron chi connectivity index (χ2n) is 4.80. The number of esters is 1. The van der Waals surface area contributed by atoms with E-state index in [9.17, 15) is 19.6 Å². The van der Waals surface area contributed by atoms with Gasteiger partial charge in [0.1, 0.15) is 0 Å². The maximum absolute atomic E-state index is 12.5. The van der Waals surface area contributed by atoms with Crippen LogP contribution in [0.4, 0.5) is 0 Å². The monoisotopic (exact) mass is 332 g/mol. The number of aromatic nitrogens is 1. The lowest BCUT2D eigenvalue weighted by Gasteiger charge is -2.38. The van der Waals surface area contributed by atoms with Crippen LogP contribution in [-0.4, -0.2) is 40.4 Å². The zero-order chi connectivity index (χ0) is 17.0. The first-order valence-corrected chi connectivity index (χ1v) is 6.89. The van der Waals surface area contributed by atoms with Crippen LogP contribution in [0, 0.1) is 17.2 Å². The highest BCUT2D eigenvalue weighted by molar-refractivity contribution is 7.80. The predicted molar refractivity (Wildman–Crippen MR) is 80.9 cm³/mol. The Labute approximate surface area is 136 Å². The number of methoxy groups -OCH3 is 1. The summed E-state index contributed by atoms with van der Waals surface area (Å²) in [6.07, 6.45) is 2.38. The maximum Gasteiger partial charge on any atom is 0.334 e. The van der Waals surface area contributed by atoms with Crippen molar-refractivity contribution in [2.45, 2.75) is 12.0 Å². The lowest BCUT2D eigenvalue weighted by Crippen LogP contribution is -2.70. The van der Waals surface area contributed by atoms with Crippen LogP contribution in [0.15, 0.2) is 24.5 Å². The fraction of sp³-hybridized carbons (Fsp3) is 0.286. The van der Waals surface area contributed by atoms with Gasteiger partial charge in [-0.05, 0) is 24.4 Å². The Hall–Kier alpha value is -2.86. The first-order chi connectivity index (χ1) is 10.9. The van der Waals surface area contributed by atoms with Crippen LogP contribution >= 0.6 is 12.2 Å². The molecule has 0 spiro atoms. The number of thiocarbonyl (C=S) groups is 1. The van der Waals surface area contributed by atoms with Gasteiger partial charge in [0.15, 0.2) is 22.4 Å². The van der Waals surface area contributed by atoms with Crippen molar-refractivity contribution in [3.8, 4) is 6.07 Å². The van der Waals surface area contributed by atoms with Gasteiger partial charge in [-0.2, -0.15) is 5.26 Å². The van der Waals surface area contributed by atoms with Gasteiger partial charge in [-0.1, -0.05) is 0 Å². The minimum Gasteiger partial charge on any atom is -0.467 e. The molecular formula is C14H12N4O4S. The van der Waals surface area contributed by atoms with Crippen LogP contribution in [0.3, 0.4) is 0 Å².